The van der Waals surface area contributed by atoms with Gasteiger partial charge in [-0.1, -0.05) is 24.3 Å². The topological polar surface area (TPSA) is 43.9 Å². The maximum atomic E-state index is 13.0. The third-order valence-corrected chi connectivity index (χ3v) is 6.27. The molecule has 0 fully saturated rings. The lowest BCUT2D eigenvalue weighted by atomic mass is 10.1. The van der Waals surface area contributed by atoms with Crippen LogP contribution in [0, 0.1) is 0 Å². The molecule has 1 unspecified atom stereocenters. The maximum Gasteiger partial charge on any atom is 0.416 e. The Bertz CT molecular complexity index is 1210. The number of benzene rings is 3. The Morgan fingerprint density at radius 2 is 1.36 bits per heavy atom. The van der Waals surface area contributed by atoms with Crippen molar-refractivity contribution in [3.05, 3.63) is 89.5 Å². The van der Waals surface area contributed by atoms with Gasteiger partial charge in [0.2, 0.25) is 0 Å². The number of fused-ring (bicyclic) bond motifs is 2. The average molecular weight is 451 g/mol. The number of carbonyl (C=O) groups excluding carboxylic acids is 2. The van der Waals surface area contributed by atoms with E-state index in [0.29, 0.717) is 23.4 Å². The second-order valence-electron chi connectivity index (χ2n) is 8.18. The molecular weight excluding hydrogens is 431 g/mol. The van der Waals surface area contributed by atoms with Crippen molar-refractivity contribution in [2.75, 3.05) is 29.9 Å². The number of carbonyl (C=O) groups is 2. The molecule has 5 rings (SSSR count). The van der Waals surface area contributed by atoms with Crippen molar-refractivity contribution in [1.29, 1.82) is 0 Å². The smallest absolute Gasteiger partial charge is 0.366 e. The predicted molar refractivity (Wildman–Crippen MR) is 119 cm³/mol. The molecular formula is C25H20F3N3O2. The number of nitrogens with zero attached hydrogens (tertiary/aromatic N) is 3. The van der Waals surface area contributed by atoms with E-state index in [0.717, 1.165) is 23.5 Å². The Hall–Kier alpha value is -3.81. The van der Waals surface area contributed by atoms with Crippen LogP contribution in [0.15, 0.2) is 72.8 Å². The molecule has 5 nitrogen and oxygen atoms in total. The summed E-state index contributed by atoms with van der Waals surface area (Å²) < 4.78 is 39.1. The summed E-state index contributed by atoms with van der Waals surface area (Å²) in [6.07, 6.45) is -4.41. The molecule has 3 aromatic carbocycles. The largest absolute Gasteiger partial charge is 0.416 e. The van der Waals surface area contributed by atoms with Crippen LogP contribution in [0.1, 0.15) is 26.3 Å². The van der Waals surface area contributed by atoms with Gasteiger partial charge in [-0.3, -0.25) is 14.5 Å². The van der Waals surface area contributed by atoms with Crippen LogP contribution in [0.25, 0.3) is 0 Å². The molecule has 0 bridgehead atoms. The number of halogens is 3. The molecule has 0 saturated carbocycles. The SMILES string of the molecule is CN1c2ccccc2N(c2ccc(C(F)(F)F)cc2)CC1CN1C(=O)c2ccccc2C1=O. The van der Waals surface area contributed by atoms with Crippen molar-refractivity contribution in [2.45, 2.75) is 12.2 Å². The van der Waals surface area contributed by atoms with Crippen LogP contribution in [0.3, 0.4) is 0 Å². The summed E-state index contributed by atoms with van der Waals surface area (Å²) in [6, 6.07) is 19.1. The van der Waals surface area contributed by atoms with Crippen molar-refractivity contribution in [2.24, 2.45) is 0 Å². The molecule has 0 saturated heterocycles. The minimum absolute atomic E-state index is 0.161. The Kier molecular flexibility index (Phi) is 4.88. The lowest BCUT2D eigenvalue weighted by molar-refractivity contribution is -0.137. The molecule has 0 aromatic heterocycles. The van der Waals surface area contributed by atoms with Crippen LogP contribution in [0.5, 0.6) is 0 Å². The van der Waals surface area contributed by atoms with Crippen LogP contribution < -0.4 is 9.80 Å². The van der Waals surface area contributed by atoms with Crippen LogP contribution >= 0.6 is 0 Å². The third-order valence-electron chi connectivity index (χ3n) is 6.27. The summed E-state index contributed by atoms with van der Waals surface area (Å²) in [6.45, 7) is 0.556. The third kappa shape index (κ3) is 3.51. The molecule has 33 heavy (non-hydrogen) atoms. The molecule has 3 aromatic rings. The summed E-state index contributed by atoms with van der Waals surface area (Å²) in [5, 5.41) is 0. The number of alkyl halides is 3. The molecule has 8 heteroatoms. The first-order valence-electron chi connectivity index (χ1n) is 10.5. The first-order valence-corrected chi connectivity index (χ1v) is 10.5. The molecule has 0 spiro atoms. The molecule has 0 radical (unpaired) electrons. The average Bonchev–Trinajstić information content (AvgIpc) is 3.05. The highest BCUT2D eigenvalue weighted by molar-refractivity contribution is 6.21. The standard InChI is InChI=1S/C25H20F3N3O2/c1-29-18(15-31-23(32)19-6-2-3-7-20(19)24(31)33)14-30(22-9-5-4-8-21(22)29)17-12-10-16(11-13-17)25(26,27)28/h2-13,18H,14-15H2,1H3. The highest BCUT2D eigenvalue weighted by Gasteiger charge is 2.39. The van der Waals surface area contributed by atoms with Gasteiger partial charge in [0.1, 0.15) is 0 Å². The van der Waals surface area contributed by atoms with Gasteiger partial charge in [0.15, 0.2) is 0 Å². The molecule has 0 N–H and O–H groups in total. The van der Waals surface area contributed by atoms with Gasteiger partial charge in [0, 0.05) is 19.3 Å². The van der Waals surface area contributed by atoms with Gasteiger partial charge in [-0.25, -0.2) is 0 Å². The van der Waals surface area contributed by atoms with Gasteiger partial charge in [-0.05, 0) is 48.5 Å². The number of anilines is 3. The van der Waals surface area contributed by atoms with Crippen LogP contribution in [-0.2, 0) is 6.18 Å². The Morgan fingerprint density at radius 3 is 1.94 bits per heavy atom. The lowest BCUT2D eigenvalue weighted by Gasteiger charge is -2.43. The van der Waals surface area contributed by atoms with Crippen molar-refractivity contribution < 1.29 is 22.8 Å². The molecule has 2 aliphatic rings. The zero-order valence-corrected chi connectivity index (χ0v) is 17.7. The van der Waals surface area contributed by atoms with Gasteiger partial charge in [0.05, 0.1) is 40.7 Å². The zero-order chi connectivity index (χ0) is 23.3. The van der Waals surface area contributed by atoms with Crippen LogP contribution in [0.4, 0.5) is 30.2 Å². The van der Waals surface area contributed by atoms with Crippen molar-refractivity contribution in [3.8, 4) is 0 Å². The normalized spacial score (nSPS) is 17.9. The molecule has 2 aliphatic heterocycles. The Labute approximate surface area is 188 Å². The Morgan fingerprint density at radius 1 is 0.818 bits per heavy atom. The fourth-order valence-electron chi connectivity index (χ4n) is 4.49. The highest BCUT2D eigenvalue weighted by atomic mass is 19.4. The van der Waals surface area contributed by atoms with Crippen molar-refractivity contribution >= 4 is 28.9 Å². The van der Waals surface area contributed by atoms with E-state index in [2.05, 4.69) is 0 Å². The number of likely N-dealkylation sites (N-methyl/N-ethyl adjacent to an activating group) is 1. The van der Waals surface area contributed by atoms with Gasteiger partial charge >= 0.3 is 6.18 Å². The molecule has 0 aliphatic carbocycles. The summed E-state index contributed by atoms with van der Waals surface area (Å²) in [5.41, 5.74) is 2.39. The molecule has 2 amide bonds. The monoisotopic (exact) mass is 451 g/mol. The second kappa shape index (κ2) is 7.65. The predicted octanol–water partition coefficient (Wildman–Crippen LogP) is 4.96. The summed E-state index contributed by atoms with van der Waals surface area (Å²) in [4.78, 5) is 31.0. The van der Waals surface area contributed by atoms with E-state index in [1.54, 1.807) is 24.3 Å². The highest BCUT2D eigenvalue weighted by Crippen LogP contribution is 2.40. The summed E-state index contributed by atoms with van der Waals surface area (Å²) in [5.74, 6) is -0.659. The van der Waals surface area contributed by atoms with Crippen LogP contribution in [0.2, 0.25) is 0 Å². The minimum Gasteiger partial charge on any atom is -0.366 e. The molecule has 2 heterocycles. The van der Waals surface area contributed by atoms with Crippen molar-refractivity contribution in [3.63, 3.8) is 0 Å². The zero-order valence-electron chi connectivity index (χ0n) is 17.7. The minimum atomic E-state index is -4.41. The fraction of sp³-hybridized carbons (Fsp3) is 0.200. The Balaban J connectivity index is 1.47. The number of hydrogen-bond donors (Lipinski definition) is 0. The quantitative estimate of drug-likeness (QED) is 0.528. The first-order chi connectivity index (χ1) is 15.8. The molecule has 1 atom stereocenters. The van der Waals surface area contributed by atoms with Crippen LogP contribution in [-0.4, -0.2) is 42.9 Å². The fourth-order valence-corrected chi connectivity index (χ4v) is 4.49. The van der Waals surface area contributed by atoms with E-state index in [4.69, 9.17) is 0 Å². The number of rotatable bonds is 3. The van der Waals surface area contributed by atoms with E-state index >= 15 is 0 Å². The molecule has 168 valence electrons. The van der Waals surface area contributed by atoms with Gasteiger partial charge in [-0.2, -0.15) is 13.2 Å². The van der Waals surface area contributed by atoms with E-state index in [1.165, 1.54) is 17.0 Å². The number of imide groups is 1. The van der Waals surface area contributed by atoms with E-state index < -0.39 is 11.7 Å². The van der Waals surface area contributed by atoms with E-state index in [9.17, 15) is 22.8 Å². The lowest BCUT2D eigenvalue weighted by Crippen LogP contribution is -2.52. The number of hydrogen-bond acceptors (Lipinski definition) is 4. The van der Waals surface area contributed by atoms with Gasteiger partial charge in [0.25, 0.3) is 11.8 Å². The second-order valence-corrected chi connectivity index (χ2v) is 8.18. The van der Waals surface area contributed by atoms with Gasteiger partial charge < -0.3 is 9.80 Å². The number of amides is 2. The number of para-hydroxylation sites is 2. The summed E-state index contributed by atoms with van der Waals surface area (Å²) >= 11 is 0. The van der Waals surface area contributed by atoms with Gasteiger partial charge in [-0.15, -0.1) is 0 Å². The van der Waals surface area contributed by atoms with E-state index in [-0.39, 0.29) is 24.4 Å². The van der Waals surface area contributed by atoms with Crippen molar-refractivity contribution in [1.82, 2.24) is 4.90 Å². The van der Waals surface area contributed by atoms with E-state index in [1.807, 2.05) is 41.1 Å². The maximum absolute atomic E-state index is 13.0. The summed E-state index contributed by atoms with van der Waals surface area (Å²) in [7, 11) is 1.89. The first kappa shape index (κ1) is 21.1.